The first-order valence-electron chi connectivity index (χ1n) is 5.50. The number of nitrogens with zero attached hydrogens (tertiary/aromatic N) is 6. The van der Waals surface area contributed by atoms with Crippen molar-refractivity contribution in [2.24, 2.45) is 5.73 Å². The second-order valence-corrected chi connectivity index (χ2v) is 3.68. The number of hydrogen-bond acceptors (Lipinski definition) is 7. The Morgan fingerprint density at radius 1 is 1.16 bits per heavy atom. The molecular weight excluding hydrogens is 246 g/mol. The van der Waals surface area contributed by atoms with Crippen LogP contribution in [0.15, 0.2) is 31.0 Å². The van der Waals surface area contributed by atoms with E-state index in [-0.39, 0.29) is 12.4 Å². The second kappa shape index (κ2) is 4.50. The highest BCUT2D eigenvalue weighted by Crippen LogP contribution is 2.06. The average molecular weight is 255 g/mol. The topological polar surface area (TPSA) is 112 Å². The van der Waals surface area contributed by atoms with E-state index < -0.39 is 5.91 Å². The Kier molecular flexibility index (Phi) is 2.69. The van der Waals surface area contributed by atoms with Gasteiger partial charge >= 0.3 is 5.91 Å². The fourth-order valence-corrected chi connectivity index (χ4v) is 1.65. The predicted molar refractivity (Wildman–Crippen MR) is 65.0 cm³/mol. The van der Waals surface area contributed by atoms with Crippen LogP contribution in [0.4, 0.5) is 0 Å². The van der Waals surface area contributed by atoms with Crippen molar-refractivity contribution in [3.8, 4) is 0 Å². The van der Waals surface area contributed by atoms with Crippen LogP contribution in [-0.2, 0) is 6.54 Å². The van der Waals surface area contributed by atoms with Gasteiger partial charge in [0.25, 0.3) is 0 Å². The predicted octanol–water partition coefficient (Wildman–Crippen LogP) is -0.237. The van der Waals surface area contributed by atoms with Crippen molar-refractivity contribution in [2.75, 3.05) is 0 Å². The van der Waals surface area contributed by atoms with Crippen LogP contribution < -0.4 is 5.73 Å². The maximum Gasteiger partial charge on any atom is 0.301 e. The molecule has 0 amide bonds. The van der Waals surface area contributed by atoms with Crippen LogP contribution in [0.5, 0.6) is 0 Å². The Balaban J connectivity index is 2.06. The van der Waals surface area contributed by atoms with Gasteiger partial charge in [0, 0.05) is 24.8 Å². The van der Waals surface area contributed by atoms with E-state index in [9.17, 15) is 4.79 Å². The van der Waals surface area contributed by atoms with Gasteiger partial charge in [-0.1, -0.05) is 0 Å². The normalized spacial score (nSPS) is 10.8. The molecule has 0 aliphatic rings. The van der Waals surface area contributed by atoms with Gasteiger partial charge in [-0.25, -0.2) is 24.9 Å². The van der Waals surface area contributed by atoms with E-state index in [0.717, 1.165) is 0 Å². The molecule has 0 aromatic carbocycles. The molecule has 3 rings (SSSR count). The van der Waals surface area contributed by atoms with E-state index in [1.54, 1.807) is 0 Å². The minimum absolute atomic E-state index is 0.0284. The zero-order valence-electron chi connectivity index (χ0n) is 9.76. The number of fused-ring (bicyclic) bond motifs is 1. The largest absolute Gasteiger partial charge is 0.324 e. The fraction of sp³-hybridized carbons (Fsp3) is 0.0909. The van der Waals surface area contributed by atoms with Gasteiger partial charge in [0.2, 0.25) is 5.82 Å². The lowest BCUT2D eigenvalue weighted by Gasteiger charge is -2.03. The minimum atomic E-state index is -0.398. The van der Waals surface area contributed by atoms with Crippen LogP contribution >= 0.6 is 0 Å². The van der Waals surface area contributed by atoms with E-state index in [0.29, 0.717) is 17.0 Å². The van der Waals surface area contributed by atoms with Crippen LogP contribution in [0, 0.1) is 0 Å². The Bertz CT molecular complexity index is 751. The van der Waals surface area contributed by atoms with Gasteiger partial charge in [0.15, 0.2) is 5.65 Å². The van der Waals surface area contributed by atoms with Gasteiger partial charge in [-0.3, -0.25) is 9.36 Å². The molecule has 0 saturated heterocycles. The molecule has 8 heteroatoms. The summed E-state index contributed by atoms with van der Waals surface area (Å²) in [6.07, 6.45) is 7.53. The third-order valence-corrected chi connectivity index (χ3v) is 2.54. The van der Waals surface area contributed by atoms with Crippen molar-refractivity contribution in [3.63, 3.8) is 0 Å². The summed E-state index contributed by atoms with van der Waals surface area (Å²) in [5.41, 5.74) is 6.40. The van der Waals surface area contributed by atoms with Crippen molar-refractivity contribution in [1.82, 2.24) is 29.5 Å². The average Bonchev–Trinajstić information content (AvgIpc) is 2.94. The van der Waals surface area contributed by atoms with Gasteiger partial charge < -0.3 is 5.73 Å². The van der Waals surface area contributed by atoms with Gasteiger partial charge in [0.1, 0.15) is 11.3 Å². The third-order valence-electron chi connectivity index (χ3n) is 2.54. The molecule has 0 radical (unpaired) electrons. The number of carbonyl (C=O) groups excluding carboxylic acids is 1. The summed E-state index contributed by atoms with van der Waals surface area (Å²) in [4.78, 5) is 32.3. The van der Waals surface area contributed by atoms with Crippen LogP contribution in [0.2, 0.25) is 0 Å². The summed E-state index contributed by atoms with van der Waals surface area (Å²) >= 11 is 0. The minimum Gasteiger partial charge on any atom is -0.324 e. The van der Waals surface area contributed by atoms with Crippen LogP contribution in [0.1, 0.15) is 16.4 Å². The lowest BCUT2D eigenvalue weighted by molar-refractivity contribution is 0.0946. The van der Waals surface area contributed by atoms with Gasteiger partial charge in [-0.2, -0.15) is 0 Å². The third kappa shape index (κ3) is 1.93. The molecular formula is C11H9N7O. The summed E-state index contributed by atoms with van der Waals surface area (Å²) < 4.78 is 1.32. The van der Waals surface area contributed by atoms with Crippen molar-refractivity contribution < 1.29 is 4.79 Å². The molecule has 8 nitrogen and oxygen atoms in total. The van der Waals surface area contributed by atoms with E-state index in [1.807, 2.05) is 0 Å². The van der Waals surface area contributed by atoms with Crippen molar-refractivity contribution in [3.05, 3.63) is 42.6 Å². The molecule has 0 unspecified atom stereocenters. The van der Waals surface area contributed by atoms with E-state index in [2.05, 4.69) is 24.9 Å². The maximum atomic E-state index is 12.2. The second-order valence-electron chi connectivity index (χ2n) is 3.68. The van der Waals surface area contributed by atoms with Crippen molar-refractivity contribution in [1.29, 1.82) is 0 Å². The first-order chi connectivity index (χ1) is 9.29. The Morgan fingerprint density at radius 3 is 2.84 bits per heavy atom. The highest BCUT2D eigenvalue weighted by atomic mass is 16.2. The quantitative estimate of drug-likeness (QED) is 0.672. The standard InChI is InChI=1S/C11H9N7O/c12-5-8-14-3-4-18(8)11(19)10-16-6-7-9(17-10)15-2-1-13-7/h1-4,6H,5,12H2. The van der Waals surface area contributed by atoms with Gasteiger partial charge in [-0.05, 0) is 0 Å². The van der Waals surface area contributed by atoms with Crippen LogP contribution in [0.3, 0.4) is 0 Å². The summed E-state index contributed by atoms with van der Waals surface area (Å²) in [5.74, 6) is 0.0824. The first-order valence-corrected chi connectivity index (χ1v) is 5.50. The highest BCUT2D eigenvalue weighted by Gasteiger charge is 2.15. The number of aromatic nitrogens is 6. The molecule has 3 aromatic heterocycles. The molecule has 19 heavy (non-hydrogen) atoms. The molecule has 0 bridgehead atoms. The Labute approximate surface area is 107 Å². The number of hydrogen-bond donors (Lipinski definition) is 1. The summed E-state index contributed by atoms with van der Waals surface area (Å²) in [5, 5.41) is 0. The number of nitrogens with two attached hydrogens (primary N) is 1. The smallest absolute Gasteiger partial charge is 0.301 e. The Hall–Kier alpha value is -2.74. The van der Waals surface area contributed by atoms with Gasteiger partial charge in [-0.15, -0.1) is 0 Å². The SMILES string of the molecule is NCc1nccn1C(=O)c1ncc2nccnc2n1. The molecule has 0 aliphatic heterocycles. The molecule has 0 spiro atoms. The van der Waals surface area contributed by atoms with Crippen molar-refractivity contribution >= 4 is 17.1 Å². The molecule has 94 valence electrons. The fourth-order valence-electron chi connectivity index (χ4n) is 1.65. The maximum absolute atomic E-state index is 12.2. The zero-order chi connectivity index (χ0) is 13.2. The monoisotopic (exact) mass is 255 g/mol. The lowest BCUT2D eigenvalue weighted by Crippen LogP contribution is -2.19. The lowest BCUT2D eigenvalue weighted by atomic mass is 10.4. The molecule has 0 saturated carbocycles. The van der Waals surface area contributed by atoms with Crippen molar-refractivity contribution in [2.45, 2.75) is 6.54 Å². The first kappa shape index (κ1) is 11.4. The van der Waals surface area contributed by atoms with Crippen LogP contribution in [-0.4, -0.2) is 35.4 Å². The molecule has 3 aromatic rings. The molecule has 0 aliphatic carbocycles. The number of rotatable bonds is 2. The summed E-state index contributed by atoms with van der Waals surface area (Å²) in [7, 11) is 0. The highest BCUT2D eigenvalue weighted by molar-refractivity contribution is 5.93. The molecule has 0 fully saturated rings. The van der Waals surface area contributed by atoms with E-state index >= 15 is 0 Å². The molecule has 0 atom stereocenters. The molecule has 2 N–H and O–H groups in total. The van der Waals surface area contributed by atoms with E-state index in [4.69, 9.17) is 5.73 Å². The van der Waals surface area contributed by atoms with E-state index in [1.165, 1.54) is 35.6 Å². The summed E-state index contributed by atoms with van der Waals surface area (Å²) in [6, 6.07) is 0. The van der Waals surface area contributed by atoms with Crippen LogP contribution in [0.25, 0.3) is 11.2 Å². The molecule has 3 heterocycles. The zero-order valence-corrected chi connectivity index (χ0v) is 9.76. The summed E-state index contributed by atoms with van der Waals surface area (Å²) in [6.45, 7) is 0.159. The number of imidazole rings is 1. The van der Waals surface area contributed by atoms with Gasteiger partial charge in [0.05, 0.1) is 12.7 Å². The Morgan fingerprint density at radius 2 is 2.00 bits per heavy atom. The number of carbonyl (C=O) groups is 1.